The summed E-state index contributed by atoms with van der Waals surface area (Å²) in [7, 11) is -2.33. The minimum absolute atomic E-state index is 0.0559. The van der Waals surface area contributed by atoms with Gasteiger partial charge in [0, 0.05) is 30.6 Å². The molecular formula is C27H32N2O5S. The van der Waals surface area contributed by atoms with E-state index in [4.69, 9.17) is 9.26 Å². The minimum Gasteiger partial charge on any atom is -0.495 e. The maximum absolute atomic E-state index is 13.2. The highest BCUT2D eigenvalue weighted by Gasteiger charge is 2.27. The summed E-state index contributed by atoms with van der Waals surface area (Å²) < 4.78 is 37.2. The van der Waals surface area contributed by atoms with E-state index in [9.17, 15) is 13.2 Å². The van der Waals surface area contributed by atoms with E-state index in [0.717, 1.165) is 30.5 Å². The lowest BCUT2D eigenvalue weighted by Gasteiger charge is -2.32. The van der Waals surface area contributed by atoms with Crippen LogP contribution in [0.2, 0.25) is 0 Å². The molecule has 0 saturated carbocycles. The van der Waals surface area contributed by atoms with E-state index in [-0.39, 0.29) is 28.7 Å². The van der Waals surface area contributed by atoms with Crippen LogP contribution in [0.15, 0.2) is 57.9 Å². The number of benzene rings is 2. The van der Waals surface area contributed by atoms with Crippen LogP contribution in [0.3, 0.4) is 0 Å². The number of aromatic nitrogens is 1. The van der Waals surface area contributed by atoms with Crippen LogP contribution in [0.5, 0.6) is 5.75 Å². The number of amides is 1. The molecule has 1 aliphatic heterocycles. The topological polar surface area (TPSA) is 89.7 Å². The SMILES string of the molecule is COc1ccc(-c2onc(C)c2C)cc1S(=O)(=O)CCC(=O)N1CCC(Cc2ccccc2)CC1. The molecule has 0 aliphatic carbocycles. The van der Waals surface area contributed by atoms with Gasteiger partial charge in [-0.25, -0.2) is 8.42 Å². The molecular weight excluding hydrogens is 464 g/mol. The molecule has 2 heterocycles. The Balaban J connectivity index is 1.39. The van der Waals surface area contributed by atoms with Gasteiger partial charge in [0.25, 0.3) is 0 Å². The van der Waals surface area contributed by atoms with Crippen LogP contribution in [0, 0.1) is 19.8 Å². The van der Waals surface area contributed by atoms with E-state index in [0.29, 0.717) is 30.3 Å². The molecule has 186 valence electrons. The zero-order chi connectivity index (χ0) is 25.0. The Kier molecular flexibility index (Phi) is 7.60. The smallest absolute Gasteiger partial charge is 0.223 e. The molecule has 1 fully saturated rings. The van der Waals surface area contributed by atoms with Crippen LogP contribution in [-0.2, 0) is 21.1 Å². The second-order valence-corrected chi connectivity index (χ2v) is 11.2. The van der Waals surface area contributed by atoms with Gasteiger partial charge in [-0.15, -0.1) is 0 Å². The number of sulfone groups is 1. The van der Waals surface area contributed by atoms with Crippen molar-refractivity contribution in [3.63, 3.8) is 0 Å². The fourth-order valence-electron chi connectivity index (χ4n) is 4.57. The van der Waals surface area contributed by atoms with Crippen LogP contribution < -0.4 is 4.74 Å². The molecule has 0 unspecified atom stereocenters. The van der Waals surface area contributed by atoms with E-state index in [1.807, 2.05) is 32.0 Å². The third-order valence-corrected chi connectivity index (χ3v) is 8.57. The van der Waals surface area contributed by atoms with Gasteiger partial charge in [-0.1, -0.05) is 35.5 Å². The maximum atomic E-state index is 13.2. The normalized spacial score (nSPS) is 14.8. The molecule has 0 atom stereocenters. The number of ether oxygens (including phenoxy) is 1. The number of likely N-dealkylation sites (tertiary alicyclic amines) is 1. The highest BCUT2D eigenvalue weighted by Crippen LogP contribution is 2.33. The average Bonchev–Trinajstić information content (AvgIpc) is 3.21. The second-order valence-electron chi connectivity index (χ2n) is 9.17. The van der Waals surface area contributed by atoms with Gasteiger partial charge in [-0.3, -0.25) is 4.79 Å². The molecule has 0 N–H and O–H groups in total. The van der Waals surface area contributed by atoms with Crippen LogP contribution >= 0.6 is 0 Å². The van der Waals surface area contributed by atoms with E-state index >= 15 is 0 Å². The Morgan fingerprint density at radius 2 is 1.83 bits per heavy atom. The van der Waals surface area contributed by atoms with Crippen molar-refractivity contribution in [2.24, 2.45) is 5.92 Å². The van der Waals surface area contributed by atoms with Gasteiger partial charge < -0.3 is 14.2 Å². The summed E-state index contributed by atoms with van der Waals surface area (Å²) in [6, 6.07) is 15.3. The van der Waals surface area contributed by atoms with Gasteiger partial charge in [-0.05, 0) is 62.8 Å². The monoisotopic (exact) mass is 496 g/mol. The lowest BCUT2D eigenvalue weighted by Crippen LogP contribution is -2.39. The fourth-order valence-corrected chi connectivity index (χ4v) is 6.00. The fraction of sp³-hybridized carbons (Fsp3) is 0.407. The van der Waals surface area contributed by atoms with Crippen molar-refractivity contribution >= 4 is 15.7 Å². The van der Waals surface area contributed by atoms with Gasteiger partial charge in [-0.2, -0.15) is 0 Å². The van der Waals surface area contributed by atoms with E-state index < -0.39 is 9.84 Å². The molecule has 8 heteroatoms. The minimum atomic E-state index is -3.76. The van der Waals surface area contributed by atoms with Gasteiger partial charge >= 0.3 is 0 Å². The summed E-state index contributed by atoms with van der Waals surface area (Å²) >= 11 is 0. The van der Waals surface area contributed by atoms with Crippen molar-refractivity contribution in [2.45, 2.75) is 44.4 Å². The number of hydrogen-bond donors (Lipinski definition) is 0. The number of carbonyl (C=O) groups is 1. The van der Waals surface area contributed by atoms with Crippen LogP contribution in [0.4, 0.5) is 0 Å². The predicted octanol–water partition coefficient (Wildman–Crippen LogP) is 4.61. The van der Waals surface area contributed by atoms with Crippen LogP contribution in [0.1, 0.15) is 36.1 Å². The van der Waals surface area contributed by atoms with Crippen molar-refractivity contribution < 1.29 is 22.5 Å². The highest BCUT2D eigenvalue weighted by molar-refractivity contribution is 7.91. The molecule has 35 heavy (non-hydrogen) atoms. The number of aryl methyl sites for hydroxylation is 1. The van der Waals surface area contributed by atoms with Gasteiger partial charge in [0.2, 0.25) is 5.91 Å². The van der Waals surface area contributed by atoms with Crippen molar-refractivity contribution in [1.82, 2.24) is 10.1 Å². The summed E-state index contributed by atoms with van der Waals surface area (Å²) in [5.41, 5.74) is 3.52. The third kappa shape index (κ3) is 5.75. The number of methoxy groups -OCH3 is 1. The first-order chi connectivity index (χ1) is 16.8. The molecule has 0 bridgehead atoms. The quantitative estimate of drug-likeness (QED) is 0.452. The van der Waals surface area contributed by atoms with Crippen molar-refractivity contribution in [2.75, 3.05) is 26.0 Å². The Bertz CT molecular complexity index is 1280. The summed E-state index contributed by atoms with van der Waals surface area (Å²) in [6.45, 7) is 5.04. The molecule has 2 aromatic carbocycles. The number of rotatable bonds is 8. The molecule has 4 rings (SSSR count). The lowest BCUT2D eigenvalue weighted by atomic mass is 9.90. The predicted molar refractivity (Wildman–Crippen MR) is 134 cm³/mol. The molecule has 7 nitrogen and oxygen atoms in total. The Morgan fingerprint density at radius 1 is 1.11 bits per heavy atom. The first-order valence-electron chi connectivity index (χ1n) is 11.9. The summed E-state index contributed by atoms with van der Waals surface area (Å²) in [5, 5.41) is 3.96. The molecule has 1 saturated heterocycles. The largest absolute Gasteiger partial charge is 0.495 e. The molecule has 1 aromatic heterocycles. The van der Waals surface area contributed by atoms with Gasteiger partial charge in [0.05, 0.1) is 18.6 Å². The Morgan fingerprint density at radius 3 is 2.46 bits per heavy atom. The van der Waals surface area contributed by atoms with Crippen LogP contribution in [-0.4, -0.2) is 50.3 Å². The lowest BCUT2D eigenvalue weighted by molar-refractivity contribution is -0.132. The van der Waals surface area contributed by atoms with E-state index in [1.54, 1.807) is 23.1 Å². The standard InChI is InChI=1S/C27H32N2O5S/c1-19-20(2)28-34-27(19)23-9-10-24(33-3)25(18-23)35(31,32)16-13-26(30)29-14-11-22(12-15-29)17-21-7-5-4-6-8-21/h4-10,18,22H,11-17H2,1-3H3. The number of piperidine rings is 1. The van der Waals surface area contributed by atoms with Crippen LogP contribution in [0.25, 0.3) is 11.3 Å². The molecule has 3 aromatic rings. The van der Waals surface area contributed by atoms with Gasteiger partial charge in [0.15, 0.2) is 15.6 Å². The molecule has 0 radical (unpaired) electrons. The van der Waals surface area contributed by atoms with Gasteiger partial charge in [0.1, 0.15) is 10.6 Å². The third-order valence-electron chi connectivity index (χ3n) is 6.84. The number of carbonyl (C=O) groups excluding carboxylic acids is 1. The second kappa shape index (κ2) is 10.6. The van der Waals surface area contributed by atoms with Crippen molar-refractivity contribution in [3.05, 3.63) is 65.4 Å². The number of hydrogen-bond acceptors (Lipinski definition) is 6. The summed E-state index contributed by atoms with van der Waals surface area (Å²) in [4.78, 5) is 14.7. The highest BCUT2D eigenvalue weighted by atomic mass is 32.2. The van der Waals surface area contributed by atoms with E-state index in [1.165, 1.54) is 12.7 Å². The maximum Gasteiger partial charge on any atom is 0.223 e. The van der Waals surface area contributed by atoms with Crippen molar-refractivity contribution in [3.8, 4) is 17.1 Å². The van der Waals surface area contributed by atoms with E-state index in [2.05, 4.69) is 17.3 Å². The Hall–Kier alpha value is -3.13. The molecule has 1 aliphatic rings. The Labute approximate surface area is 207 Å². The molecule has 0 spiro atoms. The summed E-state index contributed by atoms with van der Waals surface area (Å²) in [5.74, 6) is 0.918. The first-order valence-corrected chi connectivity index (χ1v) is 13.6. The average molecular weight is 497 g/mol. The van der Waals surface area contributed by atoms with Crippen molar-refractivity contribution in [1.29, 1.82) is 0 Å². The zero-order valence-electron chi connectivity index (χ0n) is 20.5. The first kappa shape index (κ1) is 25.0. The summed E-state index contributed by atoms with van der Waals surface area (Å²) in [6.07, 6.45) is 2.81. The number of nitrogens with zero attached hydrogens (tertiary/aromatic N) is 2. The molecule has 1 amide bonds. The zero-order valence-corrected chi connectivity index (χ0v) is 21.3.